The average Bonchev–Trinajstić information content (AvgIpc) is 2.39. The Bertz CT molecular complexity index is 431. The van der Waals surface area contributed by atoms with Crippen LogP contribution in [0.5, 0.6) is 0 Å². The summed E-state index contributed by atoms with van der Waals surface area (Å²) < 4.78 is 4.85. The molecule has 6 nitrogen and oxygen atoms in total. The van der Waals surface area contributed by atoms with Gasteiger partial charge >= 0.3 is 12.0 Å². The Balaban J connectivity index is 2.57. The molecule has 19 heavy (non-hydrogen) atoms. The second-order valence-corrected chi connectivity index (χ2v) is 3.98. The van der Waals surface area contributed by atoms with Gasteiger partial charge in [-0.1, -0.05) is 0 Å². The molecule has 0 spiro atoms. The number of ether oxygens (including phenoxy) is 1. The smallest absolute Gasteiger partial charge is 0.338 e. The highest BCUT2D eigenvalue weighted by Crippen LogP contribution is 2.10. The summed E-state index contributed by atoms with van der Waals surface area (Å²) in [5.41, 5.74) is 0.979. The van der Waals surface area contributed by atoms with Crippen LogP contribution in [0.4, 0.5) is 10.5 Å². The lowest BCUT2D eigenvalue weighted by Gasteiger charge is -2.12. The molecule has 0 heterocycles. The van der Waals surface area contributed by atoms with Crippen molar-refractivity contribution in [3.8, 4) is 0 Å². The lowest BCUT2D eigenvalue weighted by atomic mass is 10.2. The maximum absolute atomic E-state index is 11.5. The van der Waals surface area contributed by atoms with E-state index in [2.05, 4.69) is 10.6 Å². The Labute approximate surface area is 111 Å². The molecule has 1 rings (SSSR count). The first-order valence-electron chi connectivity index (χ1n) is 6.02. The van der Waals surface area contributed by atoms with E-state index >= 15 is 0 Å². The van der Waals surface area contributed by atoms with Crippen LogP contribution in [0, 0.1) is 0 Å². The van der Waals surface area contributed by atoms with E-state index in [1.165, 1.54) is 0 Å². The standard InChI is InChI=1S/C13H18N2O4/c1-3-19-12(17)10-4-6-11(7-5-10)15-13(18)14-9(2)8-16/h4-7,9,16H,3,8H2,1-2H3,(H2,14,15,18). The Kier molecular flexibility index (Phi) is 5.81. The normalized spacial score (nSPS) is 11.5. The van der Waals surface area contributed by atoms with Crippen molar-refractivity contribution >= 4 is 17.7 Å². The van der Waals surface area contributed by atoms with Crippen molar-refractivity contribution in [2.75, 3.05) is 18.5 Å². The number of carbonyl (C=O) groups excluding carboxylic acids is 2. The molecule has 104 valence electrons. The first-order chi connectivity index (χ1) is 9.06. The highest BCUT2D eigenvalue weighted by molar-refractivity contribution is 5.92. The number of hydrogen-bond donors (Lipinski definition) is 3. The van der Waals surface area contributed by atoms with Gasteiger partial charge in [-0.2, -0.15) is 0 Å². The number of esters is 1. The zero-order chi connectivity index (χ0) is 14.3. The molecule has 0 aliphatic carbocycles. The van der Waals surface area contributed by atoms with Gasteiger partial charge in [-0.3, -0.25) is 0 Å². The number of carbonyl (C=O) groups is 2. The summed E-state index contributed by atoms with van der Waals surface area (Å²) in [5.74, 6) is -0.396. The molecular formula is C13H18N2O4. The predicted molar refractivity (Wildman–Crippen MR) is 71.1 cm³/mol. The summed E-state index contributed by atoms with van der Waals surface area (Å²) in [4.78, 5) is 22.9. The van der Waals surface area contributed by atoms with Crippen LogP contribution >= 0.6 is 0 Å². The monoisotopic (exact) mass is 266 g/mol. The highest BCUT2D eigenvalue weighted by atomic mass is 16.5. The van der Waals surface area contributed by atoms with Gasteiger partial charge in [0, 0.05) is 5.69 Å². The third-order valence-electron chi connectivity index (χ3n) is 2.31. The minimum Gasteiger partial charge on any atom is -0.462 e. The van der Waals surface area contributed by atoms with Gasteiger partial charge in [0.15, 0.2) is 0 Å². The number of nitrogens with one attached hydrogen (secondary N) is 2. The molecule has 0 aliphatic rings. The first-order valence-corrected chi connectivity index (χ1v) is 6.02. The van der Waals surface area contributed by atoms with Crippen LogP contribution in [0.2, 0.25) is 0 Å². The number of aliphatic hydroxyl groups excluding tert-OH is 1. The molecule has 1 atom stereocenters. The summed E-state index contributed by atoms with van der Waals surface area (Å²) >= 11 is 0. The van der Waals surface area contributed by atoms with E-state index in [1.54, 1.807) is 38.1 Å². The lowest BCUT2D eigenvalue weighted by molar-refractivity contribution is 0.0526. The number of urea groups is 1. The number of aliphatic hydroxyl groups is 1. The molecule has 3 N–H and O–H groups in total. The minimum atomic E-state index is -0.412. The molecule has 0 aliphatic heterocycles. The van der Waals surface area contributed by atoms with E-state index in [-0.39, 0.29) is 12.6 Å². The molecule has 1 aromatic rings. The van der Waals surface area contributed by atoms with Crippen LogP contribution in [0.1, 0.15) is 24.2 Å². The summed E-state index contributed by atoms with van der Waals surface area (Å²) in [7, 11) is 0. The summed E-state index contributed by atoms with van der Waals surface area (Å²) in [5, 5.41) is 13.9. The molecule has 6 heteroatoms. The Morgan fingerprint density at radius 1 is 1.32 bits per heavy atom. The van der Waals surface area contributed by atoms with Gasteiger partial charge in [0.2, 0.25) is 0 Å². The fourth-order valence-electron chi connectivity index (χ4n) is 1.34. The molecule has 0 saturated heterocycles. The van der Waals surface area contributed by atoms with Crippen molar-refractivity contribution in [1.29, 1.82) is 0 Å². The number of hydrogen-bond acceptors (Lipinski definition) is 4. The van der Waals surface area contributed by atoms with Crippen LogP contribution in [0.25, 0.3) is 0 Å². The maximum Gasteiger partial charge on any atom is 0.338 e. The minimum absolute atomic E-state index is 0.130. The predicted octanol–water partition coefficient (Wildman–Crippen LogP) is 1.37. The molecule has 0 saturated carbocycles. The van der Waals surface area contributed by atoms with Crippen molar-refractivity contribution in [3.05, 3.63) is 29.8 Å². The van der Waals surface area contributed by atoms with E-state index in [4.69, 9.17) is 9.84 Å². The molecular weight excluding hydrogens is 248 g/mol. The van der Waals surface area contributed by atoms with E-state index < -0.39 is 12.0 Å². The lowest BCUT2D eigenvalue weighted by Crippen LogP contribution is -2.38. The number of rotatable bonds is 5. The highest BCUT2D eigenvalue weighted by Gasteiger charge is 2.08. The van der Waals surface area contributed by atoms with Gasteiger partial charge in [-0.25, -0.2) is 9.59 Å². The summed E-state index contributed by atoms with van der Waals surface area (Å²) in [6.07, 6.45) is 0. The third-order valence-corrected chi connectivity index (χ3v) is 2.31. The van der Waals surface area contributed by atoms with E-state index in [0.29, 0.717) is 17.9 Å². The maximum atomic E-state index is 11.5. The fraction of sp³-hybridized carbons (Fsp3) is 0.385. The van der Waals surface area contributed by atoms with Crippen LogP contribution in [0.15, 0.2) is 24.3 Å². The molecule has 0 fully saturated rings. The quantitative estimate of drug-likeness (QED) is 0.702. The van der Waals surface area contributed by atoms with Gasteiger partial charge < -0.3 is 20.5 Å². The van der Waals surface area contributed by atoms with E-state index in [9.17, 15) is 9.59 Å². The van der Waals surface area contributed by atoms with Gasteiger partial charge in [0.1, 0.15) is 0 Å². The third kappa shape index (κ3) is 4.97. The molecule has 0 radical (unpaired) electrons. The summed E-state index contributed by atoms with van der Waals surface area (Å²) in [6, 6.07) is 5.63. The zero-order valence-electron chi connectivity index (χ0n) is 11.0. The van der Waals surface area contributed by atoms with Crippen LogP contribution in [-0.4, -0.2) is 36.4 Å². The number of anilines is 1. The molecule has 2 amide bonds. The first kappa shape index (κ1) is 15.0. The van der Waals surface area contributed by atoms with Crippen molar-refractivity contribution in [1.82, 2.24) is 5.32 Å². The molecule has 1 aromatic carbocycles. The second kappa shape index (κ2) is 7.38. The van der Waals surface area contributed by atoms with E-state index in [0.717, 1.165) is 0 Å². The van der Waals surface area contributed by atoms with Crippen molar-refractivity contribution < 1.29 is 19.4 Å². The van der Waals surface area contributed by atoms with Crippen molar-refractivity contribution in [2.45, 2.75) is 19.9 Å². The van der Waals surface area contributed by atoms with Crippen LogP contribution in [-0.2, 0) is 4.74 Å². The van der Waals surface area contributed by atoms with Gasteiger partial charge in [-0.05, 0) is 38.1 Å². The SMILES string of the molecule is CCOC(=O)c1ccc(NC(=O)NC(C)CO)cc1. The van der Waals surface area contributed by atoms with Gasteiger partial charge in [0.25, 0.3) is 0 Å². The number of benzene rings is 1. The van der Waals surface area contributed by atoms with E-state index in [1.807, 2.05) is 0 Å². The number of amides is 2. The Hall–Kier alpha value is -2.08. The Morgan fingerprint density at radius 2 is 1.95 bits per heavy atom. The van der Waals surface area contributed by atoms with Crippen molar-refractivity contribution in [2.24, 2.45) is 0 Å². The topological polar surface area (TPSA) is 87.7 Å². The second-order valence-electron chi connectivity index (χ2n) is 3.98. The Morgan fingerprint density at radius 3 is 2.47 bits per heavy atom. The zero-order valence-corrected chi connectivity index (χ0v) is 11.0. The largest absolute Gasteiger partial charge is 0.462 e. The molecule has 0 aromatic heterocycles. The molecule has 1 unspecified atom stereocenters. The van der Waals surface area contributed by atoms with Gasteiger partial charge in [0.05, 0.1) is 24.8 Å². The van der Waals surface area contributed by atoms with Crippen LogP contribution in [0.3, 0.4) is 0 Å². The molecule has 0 bridgehead atoms. The summed E-state index contributed by atoms with van der Waals surface area (Å²) in [6.45, 7) is 3.61. The van der Waals surface area contributed by atoms with Crippen molar-refractivity contribution in [3.63, 3.8) is 0 Å². The van der Waals surface area contributed by atoms with Gasteiger partial charge in [-0.15, -0.1) is 0 Å². The average molecular weight is 266 g/mol. The van der Waals surface area contributed by atoms with Crippen LogP contribution < -0.4 is 10.6 Å². The fourth-order valence-corrected chi connectivity index (χ4v) is 1.34.